The maximum absolute atomic E-state index is 6.78. The molecule has 13 rings (SSSR count). The number of benzene rings is 6. The van der Waals surface area contributed by atoms with Gasteiger partial charge in [0, 0.05) is 33.3 Å². The first-order chi connectivity index (χ1) is 28.4. The van der Waals surface area contributed by atoms with E-state index >= 15 is 0 Å². The Morgan fingerprint density at radius 2 is 1.08 bits per heavy atom. The van der Waals surface area contributed by atoms with E-state index in [0.717, 1.165) is 23.3 Å². The van der Waals surface area contributed by atoms with Crippen LogP contribution in [-0.2, 0) is 21.7 Å². The molecule has 4 bridgehead atoms. The summed E-state index contributed by atoms with van der Waals surface area (Å²) < 4.78 is 6.78. The Kier molecular flexibility index (Phi) is 7.44. The maximum atomic E-state index is 6.78. The van der Waals surface area contributed by atoms with Gasteiger partial charge in [0.1, 0.15) is 11.5 Å². The summed E-state index contributed by atoms with van der Waals surface area (Å²) in [5, 5.41) is 0. The van der Waals surface area contributed by atoms with Gasteiger partial charge in [-0.15, -0.1) is 0 Å². The van der Waals surface area contributed by atoms with Crippen molar-refractivity contribution in [2.75, 3.05) is 4.90 Å². The topological polar surface area (TPSA) is 12.5 Å². The third kappa shape index (κ3) is 4.98. The summed E-state index contributed by atoms with van der Waals surface area (Å²) in [5.41, 5.74) is 17.8. The molecule has 59 heavy (non-hydrogen) atoms. The third-order valence-electron chi connectivity index (χ3n) is 16.8. The van der Waals surface area contributed by atoms with Crippen LogP contribution in [0.1, 0.15) is 120 Å². The van der Waals surface area contributed by atoms with Crippen LogP contribution in [0.15, 0.2) is 127 Å². The molecule has 2 nitrogen and oxygen atoms in total. The van der Waals surface area contributed by atoms with Gasteiger partial charge in [0.15, 0.2) is 0 Å². The molecule has 0 saturated heterocycles. The Bertz CT molecular complexity index is 2660. The van der Waals surface area contributed by atoms with Gasteiger partial charge in [-0.2, -0.15) is 0 Å². The van der Waals surface area contributed by atoms with E-state index in [9.17, 15) is 0 Å². The molecule has 1 spiro atoms. The summed E-state index contributed by atoms with van der Waals surface area (Å²) in [5.74, 6) is 5.33. The molecule has 1 heterocycles. The van der Waals surface area contributed by atoms with E-state index in [-0.39, 0.29) is 21.7 Å². The lowest BCUT2D eigenvalue weighted by Gasteiger charge is -2.63. The van der Waals surface area contributed by atoms with Gasteiger partial charge in [-0.3, -0.25) is 0 Å². The summed E-state index contributed by atoms with van der Waals surface area (Å²) in [6.07, 6.45) is 9.25. The third-order valence-corrected chi connectivity index (χ3v) is 16.8. The average molecular weight is 772 g/mol. The van der Waals surface area contributed by atoms with E-state index in [2.05, 4.69) is 174 Å². The molecule has 6 aromatic rings. The molecular formula is C57H57NO. The second-order valence-corrected chi connectivity index (χ2v) is 21.2. The molecule has 2 heteroatoms. The number of nitrogens with zero attached hydrogens (tertiary/aromatic N) is 1. The molecule has 0 unspecified atom stereocenters. The molecule has 0 atom stereocenters. The number of ether oxygens (including phenoxy) is 1. The molecule has 7 aliphatic rings. The standard InChI is InChI=1S/C57H57NO/c1-54(2)26-27-55(3,4)53-47(54)15-11-16-50(53)58(42-23-24-44-43-12-7-8-13-45(43)56(5,6)48(44)34-42)41-21-18-37(19-22-41)38-20-25-52-49(33-38)57(46-14-9-10-17-51(46)59-52)39-29-35-28-36(31-39)32-40(57)30-35/h7-25,33-36,39-40H,26-32H2,1-6H3. The van der Waals surface area contributed by atoms with E-state index in [1.807, 2.05) is 0 Å². The van der Waals surface area contributed by atoms with Crippen molar-refractivity contribution in [3.8, 4) is 33.8 Å². The van der Waals surface area contributed by atoms with Crippen molar-refractivity contribution in [3.05, 3.63) is 161 Å². The monoisotopic (exact) mass is 771 g/mol. The zero-order chi connectivity index (χ0) is 40.1. The molecule has 6 aromatic carbocycles. The first-order valence-electron chi connectivity index (χ1n) is 22.6. The van der Waals surface area contributed by atoms with Gasteiger partial charge in [0.25, 0.3) is 0 Å². The van der Waals surface area contributed by atoms with Gasteiger partial charge in [-0.05, 0) is 172 Å². The van der Waals surface area contributed by atoms with Gasteiger partial charge in [0.05, 0.1) is 5.69 Å². The van der Waals surface area contributed by atoms with Crippen molar-refractivity contribution < 1.29 is 4.74 Å². The van der Waals surface area contributed by atoms with Crippen LogP contribution in [0.5, 0.6) is 11.5 Å². The molecule has 0 N–H and O–H groups in total. The smallest absolute Gasteiger partial charge is 0.131 e. The lowest BCUT2D eigenvalue weighted by atomic mass is 9.41. The number of hydrogen-bond donors (Lipinski definition) is 0. The maximum Gasteiger partial charge on any atom is 0.131 e. The Morgan fingerprint density at radius 3 is 1.85 bits per heavy atom. The second kappa shape index (κ2) is 12.2. The highest BCUT2D eigenvalue weighted by molar-refractivity contribution is 5.87. The summed E-state index contributed by atoms with van der Waals surface area (Å²) in [4.78, 5) is 2.58. The first-order valence-corrected chi connectivity index (χ1v) is 22.6. The highest BCUT2D eigenvalue weighted by atomic mass is 16.5. The van der Waals surface area contributed by atoms with Crippen LogP contribution in [0.3, 0.4) is 0 Å². The van der Waals surface area contributed by atoms with E-state index in [1.54, 1.807) is 0 Å². The lowest BCUT2D eigenvalue weighted by Crippen LogP contribution is -2.56. The Labute approximate surface area is 351 Å². The van der Waals surface area contributed by atoms with Gasteiger partial charge in [-0.1, -0.05) is 120 Å². The molecule has 4 fully saturated rings. The minimum Gasteiger partial charge on any atom is -0.457 e. The van der Waals surface area contributed by atoms with Crippen molar-refractivity contribution in [1.29, 1.82) is 0 Å². The average Bonchev–Trinajstić information content (AvgIpc) is 3.46. The summed E-state index contributed by atoms with van der Waals surface area (Å²) in [7, 11) is 0. The zero-order valence-electron chi connectivity index (χ0n) is 35.7. The van der Waals surface area contributed by atoms with E-state index in [4.69, 9.17) is 4.74 Å². The Morgan fingerprint density at radius 1 is 0.475 bits per heavy atom. The van der Waals surface area contributed by atoms with Gasteiger partial charge in [0.2, 0.25) is 0 Å². The Hall–Kier alpha value is -5.08. The van der Waals surface area contributed by atoms with Crippen LogP contribution >= 0.6 is 0 Å². The fraction of sp³-hybridized carbons (Fsp3) is 0.368. The first kappa shape index (κ1) is 35.8. The Balaban J connectivity index is 0.996. The molecule has 1 aliphatic heterocycles. The van der Waals surface area contributed by atoms with E-state index in [1.165, 1.54) is 118 Å². The second-order valence-electron chi connectivity index (χ2n) is 21.2. The summed E-state index contributed by atoms with van der Waals surface area (Å²) >= 11 is 0. The van der Waals surface area contributed by atoms with Crippen molar-refractivity contribution in [2.24, 2.45) is 23.7 Å². The molecule has 0 amide bonds. The molecule has 6 aliphatic carbocycles. The van der Waals surface area contributed by atoms with E-state index < -0.39 is 0 Å². The largest absolute Gasteiger partial charge is 0.457 e. The minimum atomic E-state index is -0.0832. The molecular weight excluding hydrogens is 715 g/mol. The van der Waals surface area contributed by atoms with Crippen LogP contribution in [0.25, 0.3) is 22.3 Å². The molecule has 0 aromatic heterocycles. The molecule has 4 saturated carbocycles. The van der Waals surface area contributed by atoms with Gasteiger partial charge >= 0.3 is 0 Å². The summed E-state index contributed by atoms with van der Waals surface area (Å²) in [6, 6.07) is 49.0. The molecule has 296 valence electrons. The lowest BCUT2D eigenvalue weighted by molar-refractivity contribution is -0.0452. The number of para-hydroxylation sites is 1. The SMILES string of the molecule is CC1(C)CCC(C)(C)c2c(N(c3ccc(-c4ccc5c(c4)C4(c6ccccc6O5)C5CC6CC(C5)CC4C6)cc3)c3ccc4c(c3)C(C)(C)c3ccccc3-4)cccc21. The normalized spacial score (nSPS) is 26.6. The molecule has 0 radical (unpaired) electrons. The minimum absolute atomic E-state index is 0.0400. The van der Waals surface area contributed by atoms with Crippen molar-refractivity contribution in [3.63, 3.8) is 0 Å². The van der Waals surface area contributed by atoms with Gasteiger partial charge < -0.3 is 9.64 Å². The number of anilines is 3. The van der Waals surface area contributed by atoms with E-state index in [0.29, 0.717) is 11.8 Å². The number of rotatable bonds is 4. The summed E-state index contributed by atoms with van der Waals surface area (Å²) in [6.45, 7) is 14.6. The van der Waals surface area contributed by atoms with Crippen LogP contribution in [0.4, 0.5) is 17.1 Å². The quantitative estimate of drug-likeness (QED) is 0.177. The van der Waals surface area contributed by atoms with Crippen molar-refractivity contribution in [1.82, 2.24) is 0 Å². The highest BCUT2D eigenvalue weighted by Gasteiger charge is 2.61. The zero-order valence-corrected chi connectivity index (χ0v) is 35.7. The van der Waals surface area contributed by atoms with Gasteiger partial charge in [-0.25, -0.2) is 0 Å². The predicted molar refractivity (Wildman–Crippen MR) is 244 cm³/mol. The fourth-order valence-corrected chi connectivity index (χ4v) is 14.0. The number of fused-ring (bicyclic) bond motifs is 6. The van der Waals surface area contributed by atoms with Crippen LogP contribution in [0, 0.1) is 23.7 Å². The van der Waals surface area contributed by atoms with Crippen LogP contribution < -0.4 is 9.64 Å². The highest BCUT2D eigenvalue weighted by Crippen LogP contribution is 2.69. The van der Waals surface area contributed by atoms with Crippen molar-refractivity contribution >= 4 is 17.1 Å². The van der Waals surface area contributed by atoms with Crippen LogP contribution in [-0.4, -0.2) is 0 Å². The van der Waals surface area contributed by atoms with Crippen LogP contribution in [0.2, 0.25) is 0 Å². The predicted octanol–water partition coefficient (Wildman–Crippen LogP) is 15.3. The fourth-order valence-electron chi connectivity index (χ4n) is 14.0. The number of hydrogen-bond acceptors (Lipinski definition) is 2. The van der Waals surface area contributed by atoms with Crippen molar-refractivity contribution in [2.45, 2.75) is 108 Å².